The molecule has 0 spiro atoms. The van der Waals surface area contributed by atoms with Gasteiger partial charge in [-0.1, -0.05) is 24.3 Å². The largest absolute Gasteiger partial charge is 0.355 e. The first-order valence-electron chi connectivity index (χ1n) is 9.30. The number of benzene rings is 1. The maximum Gasteiger partial charge on any atom is 0.180 e. The van der Waals surface area contributed by atoms with Gasteiger partial charge in [-0.25, -0.2) is 18.4 Å². The summed E-state index contributed by atoms with van der Waals surface area (Å²) in [6.07, 6.45) is 2.68. The molecule has 4 rings (SSSR count). The Balaban J connectivity index is 1.69. The molecule has 27 heavy (non-hydrogen) atoms. The minimum Gasteiger partial charge on any atom is -0.355 e. The lowest BCUT2D eigenvalue weighted by Gasteiger charge is -2.28. The molecule has 7 heteroatoms. The van der Waals surface area contributed by atoms with Crippen molar-refractivity contribution in [2.45, 2.75) is 24.8 Å². The van der Waals surface area contributed by atoms with E-state index in [0.29, 0.717) is 29.5 Å². The van der Waals surface area contributed by atoms with Gasteiger partial charge in [0.1, 0.15) is 10.7 Å². The standard InChI is InChI=1S/C20H26N4O2S/c1-13-7-5-6-8-16(13)19-17-12-24(11-15(17)10-23(19)3)20-18(27(4,25)26)9-21-14(2)22-20/h5-9,15,17,19H,10-12H2,1-4H3/t15-,17+,19-/m0/s1. The van der Waals surface area contributed by atoms with Gasteiger partial charge in [-0.15, -0.1) is 0 Å². The van der Waals surface area contributed by atoms with Crippen LogP contribution in [0.2, 0.25) is 0 Å². The van der Waals surface area contributed by atoms with E-state index in [-0.39, 0.29) is 4.90 Å². The highest BCUT2D eigenvalue weighted by molar-refractivity contribution is 7.90. The number of anilines is 1. The number of aromatic nitrogens is 2. The summed E-state index contributed by atoms with van der Waals surface area (Å²) in [6, 6.07) is 8.92. The van der Waals surface area contributed by atoms with E-state index in [1.54, 1.807) is 6.92 Å². The maximum absolute atomic E-state index is 12.2. The number of aryl methyl sites for hydroxylation is 2. The van der Waals surface area contributed by atoms with E-state index in [0.717, 1.165) is 19.6 Å². The molecule has 1 aromatic heterocycles. The lowest BCUT2D eigenvalue weighted by atomic mass is 9.88. The van der Waals surface area contributed by atoms with E-state index in [4.69, 9.17) is 0 Å². The van der Waals surface area contributed by atoms with Gasteiger partial charge in [-0.05, 0) is 37.9 Å². The average Bonchev–Trinajstić information content (AvgIpc) is 3.11. The fourth-order valence-electron chi connectivity index (χ4n) is 4.75. The number of fused-ring (bicyclic) bond motifs is 1. The van der Waals surface area contributed by atoms with Crippen molar-refractivity contribution < 1.29 is 8.42 Å². The number of nitrogens with zero attached hydrogens (tertiary/aromatic N) is 4. The smallest absolute Gasteiger partial charge is 0.180 e. The third-order valence-electron chi connectivity index (χ3n) is 5.96. The van der Waals surface area contributed by atoms with Gasteiger partial charge in [-0.2, -0.15) is 0 Å². The molecule has 3 heterocycles. The van der Waals surface area contributed by atoms with Crippen LogP contribution in [0.3, 0.4) is 0 Å². The molecule has 0 amide bonds. The predicted octanol–water partition coefficient (Wildman–Crippen LogP) is 2.24. The summed E-state index contributed by atoms with van der Waals surface area (Å²) in [4.78, 5) is 13.4. The molecule has 0 bridgehead atoms. The quantitative estimate of drug-likeness (QED) is 0.806. The summed E-state index contributed by atoms with van der Waals surface area (Å²) in [7, 11) is -1.18. The van der Waals surface area contributed by atoms with Crippen LogP contribution in [0.1, 0.15) is 23.0 Å². The van der Waals surface area contributed by atoms with Gasteiger partial charge in [0.2, 0.25) is 0 Å². The van der Waals surface area contributed by atoms with Crippen molar-refractivity contribution >= 4 is 15.7 Å². The molecule has 2 saturated heterocycles. The van der Waals surface area contributed by atoms with E-state index in [1.165, 1.54) is 23.6 Å². The molecule has 0 radical (unpaired) electrons. The highest BCUT2D eigenvalue weighted by Crippen LogP contribution is 2.46. The summed E-state index contributed by atoms with van der Waals surface area (Å²) in [6.45, 7) is 6.62. The van der Waals surface area contributed by atoms with Crippen LogP contribution >= 0.6 is 0 Å². The van der Waals surface area contributed by atoms with Crippen LogP contribution in [-0.4, -0.2) is 56.2 Å². The van der Waals surface area contributed by atoms with Gasteiger partial charge in [0, 0.05) is 37.8 Å². The Hall–Kier alpha value is -1.99. The molecule has 0 N–H and O–H groups in total. The van der Waals surface area contributed by atoms with E-state index in [1.807, 2.05) is 0 Å². The first-order valence-corrected chi connectivity index (χ1v) is 11.2. The molecule has 6 nitrogen and oxygen atoms in total. The van der Waals surface area contributed by atoms with Crippen molar-refractivity contribution in [2.24, 2.45) is 11.8 Å². The van der Waals surface area contributed by atoms with Crippen LogP contribution in [0.25, 0.3) is 0 Å². The molecule has 1 aromatic carbocycles. The molecular weight excluding hydrogens is 360 g/mol. The second-order valence-electron chi connectivity index (χ2n) is 7.95. The lowest BCUT2D eigenvalue weighted by molar-refractivity contribution is 0.278. The number of hydrogen-bond donors (Lipinski definition) is 0. The summed E-state index contributed by atoms with van der Waals surface area (Å²) in [5.74, 6) is 2.12. The van der Waals surface area contributed by atoms with E-state index >= 15 is 0 Å². The Bertz CT molecular complexity index is 976. The van der Waals surface area contributed by atoms with Crippen LogP contribution in [0, 0.1) is 25.7 Å². The second kappa shape index (κ2) is 6.56. The van der Waals surface area contributed by atoms with Crippen molar-refractivity contribution in [2.75, 3.05) is 37.8 Å². The minimum atomic E-state index is -3.37. The Morgan fingerprint density at radius 3 is 2.56 bits per heavy atom. The van der Waals surface area contributed by atoms with Gasteiger partial charge in [0.05, 0.1) is 6.20 Å². The molecule has 2 fully saturated rings. The Kier molecular flexibility index (Phi) is 4.47. The molecule has 3 atom stereocenters. The highest BCUT2D eigenvalue weighted by Gasteiger charge is 2.47. The van der Waals surface area contributed by atoms with Crippen molar-refractivity contribution in [1.82, 2.24) is 14.9 Å². The Morgan fingerprint density at radius 2 is 1.85 bits per heavy atom. The molecule has 2 aromatic rings. The molecular formula is C20H26N4O2S. The normalized spacial score (nSPS) is 25.8. The van der Waals surface area contributed by atoms with Crippen LogP contribution in [0.15, 0.2) is 35.4 Å². The number of sulfone groups is 1. The van der Waals surface area contributed by atoms with Gasteiger partial charge < -0.3 is 4.90 Å². The van der Waals surface area contributed by atoms with Crippen molar-refractivity contribution in [3.05, 3.63) is 47.4 Å². The zero-order chi connectivity index (χ0) is 19.3. The van der Waals surface area contributed by atoms with E-state index in [2.05, 4.69) is 58.0 Å². The van der Waals surface area contributed by atoms with Crippen LogP contribution in [0.5, 0.6) is 0 Å². The first kappa shape index (κ1) is 18.4. The lowest BCUT2D eigenvalue weighted by Crippen LogP contribution is -2.30. The summed E-state index contributed by atoms with van der Waals surface area (Å²) in [5, 5.41) is 0. The average molecular weight is 387 g/mol. The molecule has 2 aliphatic rings. The second-order valence-corrected chi connectivity index (χ2v) is 9.93. The van der Waals surface area contributed by atoms with Crippen LogP contribution in [-0.2, 0) is 9.84 Å². The molecule has 0 unspecified atom stereocenters. The van der Waals surface area contributed by atoms with Gasteiger partial charge >= 0.3 is 0 Å². The first-order chi connectivity index (χ1) is 12.8. The van der Waals surface area contributed by atoms with E-state index in [9.17, 15) is 8.42 Å². The summed E-state index contributed by atoms with van der Waals surface area (Å²) < 4.78 is 24.5. The fourth-order valence-corrected chi connectivity index (χ4v) is 5.50. The highest BCUT2D eigenvalue weighted by atomic mass is 32.2. The van der Waals surface area contributed by atoms with E-state index < -0.39 is 9.84 Å². The van der Waals surface area contributed by atoms with Crippen LogP contribution in [0.4, 0.5) is 5.82 Å². The van der Waals surface area contributed by atoms with Crippen LogP contribution < -0.4 is 4.90 Å². The zero-order valence-corrected chi connectivity index (χ0v) is 17.1. The predicted molar refractivity (Wildman–Crippen MR) is 106 cm³/mol. The summed E-state index contributed by atoms with van der Waals surface area (Å²) in [5.41, 5.74) is 2.68. The number of likely N-dealkylation sites (tertiary alicyclic amines) is 1. The van der Waals surface area contributed by atoms with Gasteiger partial charge in [-0.3, -0.25) is 4.90 Å². The summed E-state index contributed by atoms with van der Waals surface area (Å²) >= 11 is 0. The maximum atomic E-state index is 12.2. The third kappa shape index (κ3) is 3.23. The van der Waals surface area contributed by atoms with Crippen molar-refractivity contribution in [1.29, 1.82) is 0 Å². The SMILES string of the molecule is Cc1ncc(S(C)(=O)=O)c(N2C[C@@H]3CN(C)[C@@H](c4ccccc4C)[C@@H]3C2)n1. The monoisotopic (exact) mass is 386 g/mol. The number of rotatable bonds is 3. The van der Waals surface area contributed by atoms with Crippen molar-refractivity contribution in [3.8, 4) is 0 Å². The molecule has 2 aliphatic heterocycles. The minimum absolute atomic E-state index is 0.230. The molecule has 144 valence electrons. The van der Waals surface area contributed by atoms with Gasteiger partial charge in [0.15, 0.2) is 15.7 Å². The Morgan fingerprint density at radius 1 is 1.11 bits per heavy atom. The zero-order valence-electron chi connectivity index (χ0n) is 16.3. The number of hydrogen-bond acceptors (Lipinski definition) is 6. The molecule has 0 saturated carbocycles. The van der Waals surface area contributed by atoms with Gasteiger partial charge in [0.25, 0.3) is 0 Å². The molecule has 0 aliphatic carbocycles. The fraction of sp³-hybridized carbons (Fsp3) is 0.500. The Labute approximate surface area is 161 Å². The third-order valence-corrected chi connectivity index (χ3v) is 7.04. The van der Waals surface area contributed by atoms with Crippen molar-refractivity contribution in [3.63, 3.8) is 0 Å². The topological polar surface area (TPSA) is 66.4 Å².